The third-order valence-corrected chi connectivity index (χ3v) is 6.80. The average Bonchev–Trinajstić information content (AvgIpc) is 2.99. The zero-order valence-electron chi connectivity index (χ0n) is 18.1. The first-order valence-corrected chi connectivity index (χ1v) is 11.2. The number of benzene rings is 1. The van der Waals surface area contributed by atoms with E-state index in [0.717, 1.165) is 30.8 Å². The number of nitrogens with one attached hydrogen (secondary N) is 2. The van der Waals surface area contributed by atoms with Crippen LogP contribution in [0.4, 0.5) is 10.1 Å². The molecule has 2 N–H and O–H groups in total. The normalized spacial score (nSPS) is 26.9. The molecule has 10 heteroatoms. The molecule has 1 unspecified atom stereocenters. The smallest absolute Gasteiger partial charge is 0.329 e. The fourth-order valence-corrected chi connectivity index (χ4v) is 5.02. The van der Waals surface area contributed by atoms with E-state index >= 15 is 0 Å². The van der Waals surface area contributed by atoms with E-state index in [1.165, 1.54) is 4.57 Å². The molecule has 3 aliphatic heterocycles. The lowest BCUT2D eigenvalue weighted by Crippen LogP contribution is -2.50. The van der Waals surface area contributed by atoms with Crippen LogP contribution in [0, 0.1) is 5.92 Å². The van der Waals surface area contributed by atoms with Gasteiger partial charge in [-0.3, -0.25) is 24.0 Å². The lowest BCUT2D eigenvalue weighted by molar-refractivity contribution is -0.135. The van der Waals surface area contributed by atoms with Crippen molar-refractivity contribution in [3.05, 3.63) is 28.7 Å². The van der Waals surface area contributed by atoms with E-state index in [-0.39, 0.29) is 24.1 Å². The molecule has 172 valence electrons. The second kappa shape index (κ2) is 8.32. The summed E-state index contributed by atoms with van der Waals surface area (Å²) in [5, 5.41) is 5.37. The number of piperidine rings is 2. The van der Waals surface area contributed by atoms with E-state index in [1.807, 2.05) is 18.2 Å². The number of hydrogen-bond donors (Lipinski definition) is 2. The van der Waals surface area contributed by atoms with Gasteiger partial charge in [0, 0.05) is 39.0 Å². The number of amides is 2. The third kappa shape index (κ3) is 3.61. The predicted molar refractivity (Wildman–Crippen MR) is 116 cm³/mol. The minimum absolute atomic E-state index is 0.212. The first kappa shape index (κ1) is 21.1. The van der Waals surface area contributed by atoms with Gasteiger partial charge in [0.2, 0.25) is 11.8 Å². The van der Waals surface area contributed by atoms with E-state index in [2.05, 4.69) is 15.5 Å². The zero-order chi connectivity index (χ0) is 22.4. The Morgan fingerprint density at radius 1 is 1.19 bits per heavy atom. The molecule has 2 amide bonds. The molecule has 3 saturated heterocycles. The van der Waals surface area contributed by atoms with Gasteiger partial charge in [0.1, 0.15) is 12.2 Å². The summed E-state index contributed by atoms with van der Waals surface area (Å²) in [6.07, 6.45) is -0.0907. The Labute approximate surface area is 184 Å². The van der Waals surface area contributed by atoms with E-state index < -0.39 is 18.1 Å². The van der Waals surface area contributed by atoms with Gasteiger partial charge in [-0.25, -0.2) is 9.18 Å². The van der Waals surface area contributed by atoms with Crippen LogP contribution in [-0.4, -0.2) is 66.0 Å². The molecule has 0 spiro atoms. The summed E-state index contributed by atoms with van der Waals surface area (Å²) in [6, 6.07) is 4.99. The summed E-state index contributed by atoms with van der Waals surface area (Å²) >= 11 is 0. The highest BCUT2D eigenvalue weighted by Gasteiger charge is 2.34. The highest BCUT2D eigenvalue weighted by Crippen LogP contribution is 2.33. The molecule has 0 bridgehead atoms. The van der Waals surface area contributed by atoms with Crippen molar-refractivity contribution < 1.29 is 18.7 Å². The number of halogens is 1. The van der Waals surface area contributed by atoms with Gasteiger partial charge in [-0.05, 0) is 31.5 Å². The summed E-state index contributed by atoms with van der Waals surface area (Å²) in [5.41, 5.74) is 2.10. The number of imidazole rings is 1. The lowest BCUT2D eigenvalue weighted by Gasteiger charge is -2.42. The number of imide groups is 1. The lowest BCUT2D eigenvalue weighted by atomic mass is 9.99. The third-order valence-electron chi connectivity index (χ3n) is 6.80. The van der Waals surface area contributed by atoms with Gasteiger partial charge in [0.05, 0.1) is 29.4 Å². The van der Waals surface area contributed by atoms with Crippen LogP contribution in [-0.2, 0) is 21.4 Å². The molecule has 3 atom stereocenters. The van der Waals surface area contributed by atoms with Crippen LogP contribution in [0.15, 0.2) is 23.0 Å². The number of ether oxygens (including phenoxy) is 1. The van der Waals surface area contributed by atoms with Crippen LogP contribution in [0.3, 0.4) is 0 Å². The number of rotatable bonds is 5. The molecular formula is C22H28FN5O4. The van der Waals surface area contributed by atoms with Gasteiger partial charge in [-0.2, -0.15) is 0 Å². The molecule has 9 nitrogen and oxygen atoms in total. The summed E-state index contributed by atoms with van der Waals surface area (Å²) in [5.74, 6) is -0.439. The largest absolute Gasteiger partial charge is 0.375 e. The molecule has 3 aliphatic rings. The molecule has 32 heavy (non-hydrogen) atoms. The molecular weight excluding hydrogens is 417 g/mol. The predicted octanol–water partition coefficient (Wildman–Crippen LogP) is 0.471. The van der Waals surface area contributed by atoms with Crippen LogP contribution in [0.1, 0.15) is 25.3 Å². The Hall–Kier alpha value is -2.72. The minimum atomic E-state index is -0.963. The van der Waals surface area contributed by atoms with Crippen molar-refractivity contribution in [3.63, 3.8) is 0 Å². The van der Waals surface area contributed by atoms with Crippen molar-refractivity contribution in [1.82, 2.24) is 19.8 Å². The van der Waals surface area contributed by atoms with Crippen LogP contribution >= 0.6 is 0 Å². The Morgan fingerprint density at radius 3 is 2.75 bits per heavy atom. The molecule has 0 aliphatic carbocycles. The van der Waals surface area contributed by atoms with Crippen LogP contribution in [0.25, 0.3) is 11.0 Å². The van der Waals surface area contributed by atoms with Gasteiger partial charge >= 0.3 is 5.69 Å². The first-order chi connectivity index (χ1) is 15.4. The molecule has 2 aromatic rings. The van der Waals surface area contributed by atoms with E-state index in [4.69, 9.17) is 4.74 Å². The Morgan fingerprint density at radius 2 is 2.00 bits per heavy atom. The Balaban J connectivity index is 1.33. The van der Waals surface area contributed by atoms with Gasteiger partial charge in [-0.15, -0.1) is 0 Å². The SMILES string of the molecule is Cn1c(=O)n(C2CCC(=O)NC2=O)c2cccc(N3CC(CO[C@H]4CCNC[C@@H]4F)C3)c21. The van der Waals surface area contributed by atoms with Crippen molar-refractivity contribution in [2.24, 2.45) is 13.0 Å². The minimum Gasteiger partial charge on any atom is -0.375 e. The first-order valence-electron chi connectivity index (χ1n) is 11.2. The average molecular weight is 445 g/mol. The fraction of sp³-hybridized carbons (Fsp3) is 0.591. The van der Waals surface area contributed by atoms with Crippen molar-refractivity contribution in [2.45, 2.75) is 37.6 Å². The number of para-hydroxylation sites is 1. The molecule has 1 aromatic heterocycles. The molecule has 3 fully saturated rings. The van der Waals surface area contributed by atoms with E-state index in [9.17, 15) is 18.8 Å². The van der Waals surface area contributed by atoms with Gasteiger partial charge in [-0.1, -0.05) is 6.07 Å². The number of nitrogens with zero attached hydrogens (tertiary/aromatic N) is 3. The number of alkyl halides is 1. The van der Waals surface area contributed by atoms with Gasteiger partial charge in [0.25, 0.3) is 0 Å². The number of aryl methyl sites for hydroxylation is 1. The van der Waals surface area contributed by atoms with E-state index in [1.54, 1.807) is 11.6 Å². The summed E-state index contributed by atoms with van der Waals surface area (Å²) in [7, 11) is 1.70. The number of anilines is 1. The summed E-state index contributed by atoms with van der Waals surface area (Å²) in [4.78, 5) is 39.2. The van der Waals surface area contributed by atoms with Crippen molar-refractivity contribution in [1.29, 1.82) is 0 Å². The number of carbonyl (C=O) groups excluding carboxylic acids is 2. The maximum atomic E-state index is 13.9. The van der Waals surface area contributed by atoms with Crippen LogP contribution < -0.4 is 21.2 Å². The van der Waals surface area contributed by atoms with Crippen LogP contribution in [0.2, 0.25) is 0 Å². The molecule has 5 rings (SSSR count). The van der Waals surface area contributed by atoms with Crippen molar-refractivity contribution >= 4 is 28.5 Å². The van der Waals surface area contributed by atoms with Gasteiger partial charge in [0.15, 0.2) is 0 Å². The second-order valence-electron chi connectivity index (χ2n) is 8.97. The summed E-state index contributed by atoms with van der Waals surface area (Å²) in [6.45, 7) is 3.18. The number of hydrogen-bond acceptors (Lipinski definition) is 6. The fourth-order valence-electron chi connectivity index (χ4n) is 5.02. The molecule has 0 radical (unpaired) electrons. The second-order valence-corrected chi connectivity index (χ2v) is 8.97. The summed E-state index contributed by atoms with van der Waals surface area (Å²) < 4.78 is 22.9. The van der Waals surface area contributed by atoms with Crippen LogP contribution in [0.5, 0.6) is 0 Å². The number of aromatic nitrogens is 2. The maximum absolute atomic E-state index is 13.9. The Bertz CT molecular complexity index is 1110. The number of fused-ring (bicyclic) bond motifs is 1. The van der Waals surface area contributed by atoms with Gasteiger partial charge < -0.3 is 15.0 Å². The van der Waals surface area contributed by atoms with Crippen molar-refractivity contribution in [3.8, 4) is 0 Å². The van der Waals surface area contributed by atoms with E-state index in [0.29, 0.717) is 37.4 Å². The topological polar surface area (TPSA) is 97.6 Å². The highest BCUT2D eigenvalue weighted by molar-refractivity contribution is 6.00. The molecule has 0 saturated carbocycles. The standard InChI is InChI=1S/C22H28FN5O4/c1-26-20-15(27-10-13(11-27)12-32-18-7-8-24-9-14(18)23)3-2-4-16(20)28(22(26)31)17-5-6-19(29)25-21(17)30/h2-4,13-14,17-18,24H,5-12H2,1H3,(H,25,29,30)/t14-,17?,18-/m0/s1. The Kier molecular flexibility index (Phi) is 5.50. The number of carbonyl (C=O) groups is 2. The zero-order valence-corrected chi connectivity index (χ0v) is 18.1. The van der Waals surface area contributed by atoms with Crippen molar-refractivity contribution in [2.75, 3.05) is 37.7 Å². The molecule has 1 aromatic carbocycles. The maximum Gasteiger partial charge on any atom is 0.329 e. The monoisotopic (exact) mass is 445 g/mol. The highest BCUT2D eigenvalue weighted by atomic mass is 19.1. The quantitative estimate of drug-likeness (QED) is 0.650. The molecule has 4 heterocycles.